The zero-order chi connectivity index (χ0) is 25.2. The second-order valence-electron chi connectivity index (χ2n) is 9.09. The van der Waals surface area contributed by atoms with E-state index in [0.29, 0.717) is 35.7 Å². The smallest absolute Gasteiger partial charge is 0.341 e. The Hall–Kier alpha value is -3.77. The molecular weight excluding hydrogens is 476 g/mol. The average molecular weight is 503 g/mol. The number of ether oxygens (including phenoxy) is 1. The van der Waals surface area contributed by atoms with Crippen molar-refractivity contribution in [1.82, 2.24) is 9.47 Å². The van der Waals surface area contributed by atoms with Crippen molar-refractivity contribution in [3.8, 4) is 5.75 Å². The SMILES string of the molecule is Cn1cc(CCC(=O)N2CCc3ccccc3C2c2cc(Cl)ccc2OCC(=O)O)c2ccccc21. The van der Waals surface area contributed by atoms with Gasteiger partial charge in [-0.05, 0) is 53.8 Å². The van der Waals surface area contributed by atoms with E-state index in [2.05, 4.69) is 29.0 Å². The first-order valence-corrected chi connectivity index (χ1v) is 12.3. The van der Waals surface area contributed by atoms with Gasteiger partial charge in [0.05, 0.1) is 6.04 Å². The fraction of sp³-hybridized carbons (Fsp3) is 0.241. The maximum Gasteiger partial charge on any atom is 0.341 e. The zero-order valence-corrected chi connectivity index (χ0v) is 20.7. The highest BCUT2D eigenvalue weighted by molar-refractivity contribution is 6.30. The van der Waals surface area contributed by atoms with Crippen LogP contribution in [0, 0.1) is 0 Å². The standard InChI is InChI=1S/C29H27ClN2O4/c1-31-17-20(22-7-4-5-9-25(22)31)10-13-27(33)32-15-14-19-6-2-3-8-23(19)29(32)24-16-21(30)11-12-26(24)36-18-28(34)35/h2-9,11-12,16-17,29H,10,13-15,18H2,1H3,(H,34,35). The fourth-order valence-corrected chi connectivity index (χ4v) is 5.37. The molecule has 0 saturated heterocycles. The number of rotatable bonds is 7. The summed E-state index contributed by atoms with van der Waals surface area (Å²) in [4.78, 5) is 26.8. The number of hydrogen-bond donors (Lipinski definition) is 1. The summed E-state index contributed by atoms with van der Waals surface area (Å²) in [6.45, 7) is 0.0823. The molecule has 7 heteroatoms. The van der Waals surface area contributed by atoms with E-state index in [-0.39, 0.29) is 5.91 Å². The average Bonchev–Trinajstić information content (AvgIpc) is 3.21. The number of carbonyl (C=O) groups excluding carboxylic acids is 1. The summed E-state index contributed by atoms with van der Waals surface area (Å²) in [5.41, 5.74) is 5.14. The summed E-state index contributed by atoms with van der Waals surface area (Å²) >= 11 is 6.37. The Labute approximate surface area is 214 Å². The maximum atomic E-state index is 13.7. The van der Waals surface area contributed by atoms with Gasteiger partial charge in [0.15, 0.2) is 6.61 Å². The zero-order valence-electron chi connectivity index (χ0n) is 20.0. The minimum atomic E-state index is -1.07. The van der Waals surface area contributed by atoms with E-state index >= 15 is 0 Å². The van der Waals surface area contributed by atoms with Crippen LogP contribution in [0.25, 0.3) is 10.9 Å². The first-order chi connectivity index (χ1) is 17.4. The van der Waals surface area contributed by atoms with Crippen LogP contribution >= 0.6 is 11.6 Å². The molecule has 0 fully saturated rings. The van der Waals surface area contributed by atoms with Crippen LogP contribution in [0.3, 0.4) is 0 Å². The molecule has 1 aliphatic rings. The number of hydrogen-bond acceptors (Lipinski definition) is 3. The minimum Gasteiger partial charge on any atom is -0.482 e. The van der Waals surface area contributed by atoms with Gasteiger partial charge in [-0.1, -0.05) is 54.1 Å². The second kappa shape index (κ2) is 10.1. The highest BCUT2D eigenvalue weighted by atomic mass is 35.5. The lowest BCUT2D eigenvalue weighted by Gasteiger charge is -2.38. The Balaban J connectivity index is 1.48. The van der Waals surface area contributed by atoms with Crippen LogP contribution in [-0.2, 0) is 29.5 Å². The molecule has 1 aliphatic heterocycles. The number of carboxylic acid groups (broad SMARTS) is 1. The Morgan fingerprint density at radius 3 is 2.67 bits per heavy atom. The third-order valence-electron chi connectivity index (χ3n) is 6.81. The summed E-state index contributed by atoms with van der Waals surface area (Å²) in [6.07, 6.45) is 3.83. The van der Waals surface area contributed by atoms with Gasteiger partial charge in [0, 0.05) is 47.7 Å². The Bertz CT molecular complexity index is 1440. The van der Waals surface area contributed by atoms with Crippen molar-refractivity contribution in [1.29, 1.82) is 0 Å². The number of carbonyl (C=O) groups is 2. The molecule has 3 aromatic carbocycles. The molecule has 6 nitrogen and oxygen atoms in total. The van der Waals surface area contributed by atoms with Gasteiger partial charge in [0.25, 0.3) is 0 Å². The van der Waals surface area contributed by atoms with Gasteiger partial charge >= 0.3 is 5.97 Å². The molecule has 0 radical (unpaired) electrons. The quantitative estimate of drug-likeness (QED) is 0.367. The van der Waals surface area contributed by atoms with E-state index in [4.69, 9.17) is 21.4 Å². The molecule has 4 aromatic rings. The number of benzene rings is 3. The molecule has 1 aromatic heterocycles. The van der Waals surface area contributed by atoms with Gasteiger partial charge in [-0.15, -0.1) is 0 Å². The molecule has 2 heterocycles. The summed E-state index contributed by atoms with van der Waals surface area (Å²) in [7, 11) is 2.02. The molecule has 1 amide bonds. The normalized spacial score (nSPS) is 15.1. The van der Waals surface area contributed by atoms with E-state index in [0.717, 1.165) is 34.0 Å². The second-order valence-corrected chi connectivity index (χ2v) is 9.52. The van der Waals surface area contributed by atoms with Gasteiger partial charge in [0.2, 0.25) is 5.91 Å². The third-order valence-corrected chi connectivity index (χ3v) is 7.04. The molecule has 1 N–H and O–H groups in total. The lowest BCUT2D eigenvalue weighted by Crippen LogP contribution is -2.41. The topological polar surface area (TPSA) is 71.8 Å². The predicted molar refractivity (Wildman–Crippen MR) is 140 cm³/mol. The summed E-state index contributed by atoms with van der Waals surface area (Å²) in [5.74, 6) is -0.620. The molecule has 0 bridgehead atoms. The lowest BCUT2D eigenvalue weighted by atomic mass is 9.87. The molecule has 0 spiro atoms. The van der Waals surface area contributed by atoms with Gasteiger partial charge < -0.3 is 19.3 Å². The van der Waals surface area contributed by atoms with Crippen molar-refractivity contribution in [3.05, 3.63) is 100 Å². The van der Waals surface area contributed by atoms with Crippen LogP contribution in [0.5, 0.6) is 5.75 Å². The maximum absolute atomic E-state index is 13.7. The number of amides is 1. The van der Waals surface area contributed by atoms with Crippen molar-refractivity contribution >= 4 is 34.4 Å². The van der Waals surface area contributed by atoms with E-state index < -0.39 is 18.6 Å². The molecule has 0 saturated carbocycles. The number of aromatic nitrogens is 1. The number of aryl methyl sites for hydroxylation is 2. The summed E-state index contributed by atoms with van der Waals surface area (Å²) < 4.78 is 7.72. The lowest BCUT2D eigenvalue weighted by molar-refractivity contribution is -0.139. The van der Waals surface area contributed by atoms with Crippen LogP contribution in [0.1, 0.15) is 34.7 Å². The molecular formula is C29H27ClN2O4. The van der Waals surface area contributed by atoms with Crippen LogP contribution in [0.4, 0.5) is 0 Å². The molecule has 1 unspecified atom stereocenters. The number of fused-ring (bicyclic) bond motifs is 2. The van der Waals surface area contributed by atoms with Crippen LogP contribution in [-0.4, -0.2) is 39.6 Å². The highest BCUT2D eigenvalue weighted by Gasteiger charge is 2.34. The van der Waals surface area contributed by atoms with Crippen molar-refractivity contribution in [2.45, 2.75) is 25.3 Å². The van der Waals surface area contributed by atoms with E-state index in [1.807, 2.05) is 42.3 Å². The highest BCUT2D eigenvalue weighted by Crippen LogP contribution is 2.41. The largest absolute Gasteiger partial charge is 0.482 e. The number of aliphatic carboxylic acids is 1. The molecule has 1 atom stereocenters. The first kappa shape index (κ1) is 23.9. The third kappa shape index (κ3) is 4.69. The fourth-order valence-electron chi connectivity index (χ4n) is 5.18. The molecule has 184 valence electrons. The van der Waals surface area contributed by atoms with Crippen LogP contribution in [0.15, 0.2) is 72.9 Å². The van der Waals surface area contributed by atoms with Gasteiger partial charge in [-0.2, -0.15) is 0 Å². The molecule has 0 aliphatic carbocycles. The Morgan fingerprint density at radius 2 is 1.83 bits per heavy atom. The summed E-state index contributed by atoms with van der Waals surface area (Å²) in [6, 6.07) is 20.9. The van der Waals surface area contributed by atoms with Gasteiger partial charge in [-0.3, -0.25) is 4.79 Å². The first-order valence-electron chi connectivity index (χ1n) is 12.0. The summed E-state index contributed by atoms with van der Waals surface area (Å²) in [5, 5.41) is 10.8. The number of halogens is 1. The van der Waals surface area contributed by atoms with Crippen molar-refractivity contribution in [2.75, 3.05) is 13.2 Å². The number of carboxylic acids is 1. The molecule has 36 heavy (non-hydrogen) atoms. The molecule has 5 rings (SSSR count). The monoisotopic (exact) mass is 502 g/mol. The van der Waals surface area contributed by atoms with Crippen molar-refractivity contribution in [3.63, 3.8) is 0 Å². The minimum absolute atomic E-state index is 0.0339. The Kier molecular flexibility index (Phi) is 6.70. The van der Waals surface area contributed by atoms with E-state index in [9.17, 15) is 9.59 Å². The van der Waals surface area contributed by atoms with E-state index in [1.165, 1.54) is 0 Å². The van der Waals surface area contributed by atoms with Gasteiger partial charge in [-0.25, -0.2) is 4.79 Å². The van der Waals surface area contributed by atoms with Gasteiger partial charge in [0.1, 0.15) is 5.75 Å². The predicted octanol–water partition coefficient (Wildman–Crippen LogP) is 5.40. The number of nitrogens with zero attached hydrogens (tertiary/aromatic N) is 2. The van der Waals surface area contributed by atoms with Crippen molar-refractivity contribution in [2.24, 2.45) is 7.05 Å². The Morgan fingerprint density at radius 1 is 1.06 bits per heavy atom. The van der Waals surface area contributed by atoms with Crippen molar-refractivity contribution < 1.29 is 19.4 Å². The van der Waals surface area contributed by atoms with E-state index in [1.54, 1.807) is 18.2 Å². The number of para-hydroxylation sites is 1. The van der Waals surface area contributed by atoms with Crippen LogP contribution in [0.2, 0.25) is 5.02 Å². The van der Waals surface area contributed by atoms with Crippen LogP contribution < -0.4 is 4.74 Å².